The van der Waals surface area contributed by atoms with E-state index in [-0.39, 0.29) is 17.7 Å². The summed E-state index contributed by atoms with van der Waals surface area (Å²) in [5.41, 5.74) is 6.84. The van der Waals surface area contributed by atoms with E-state index in [9.17, 15) is 8.78 Å². The number of nitrogens with two attached hydrogens (primary N) is 1. The third-order valence-corrected chi connectivity index (χ3v) is 2.82. The SMILES string of the molecule is Cc1cc(Oc2ccc(F)cc2C(C)N)ccc1F. The number of aryl methyl sites for hydroxylation is 1. The van der Waals surface area contributed by atoms with Gasteiger partial charge in [-0.1, -0.05) is 0 Å². The second kappa shape index (κ2) is 5.36. The van der Waals surface area contributed by atoms with E-state index in [0.29, 0.717) is 22.6 Å². The lowest BCUT2D eigenvalue weighted by Gasteiger charge is -2.14. The smallest absolute Gasteiger partial charge is 0.132 e. The molecule has 0 amide bonds. The summed E-state index contributed by atoms with van der Waals surface area (Å²) in [6.07, 6.45) is 0. The van der Waals surface area contributed by atoms with Gasteiger partial charge in [0.1, 0.15) is 23.1 Å². The molecule has 0 aliphatic carbocycles. The molecule has 0 aliphatic heterocycles. The summed E-state index contributed by atoms with van der Waals surface area (Å²) < 4.78 is 32.0. The maximum Gasteiger partial charge on any atom is 0.132 e. The number of benzene rings is 2. The molecule has 2 aromatic rings. The molecule has 4 heteroatoms. The van der Waals surface area contributed by atoms with Gasteiger partial charge in [-0.15, -0.1) is 0 Å². The van der Waals surface area contributed by atoms with Crippen molar-refractivity contribution in [3.8, 4) is 11.5 Å². The molecule has 0 spiro atoms. The zero-order chi connectivity index (χ0) is 14.0. The Labute approximate surface area is 110 Å². The van der Waals surface area contributed by atoms with Gasteiger partial charge >= 0.3 is 0 Å². The fraction of sp³-hybridized carbons (Fsp3) is 0.200. The van der Waals surface area contributed by atoms with Gasteiger partial charge in [-0.3, -0.25) is 0 Å². The van der Waals surface area contributed by atoms with E-state index in [4.69, 9.17) is 10.5 Å². The molecule has 1 unspecified atom stereocenters. The van der Waals surface area contributed by atoms with Crippen LogP contribution in [0.3, 0.4) is 0 Å². The van der Waals surface area contributed by atoms with E-state index in [1.54, 1.807) is 19.9 Å². The first kappa shape index (κ1) is 13.5. The number of ether oxygens (including phenoxy) is 1. The van der Waals surface area contributed by atoms with Crippen molar-refractivity contribution in [2.45, 2.75) is 19.9 Å². The number of halogens is 2. The summed E-state index contributed by atoms with van der Waals surface area (Å²) in [6.45, 7) is 3.40. The van der Waals surface area contributed by atoms with Crippen molar-refractivity contribution in [1.82, 2.24) is 0 Å². The van der Waals surface area contributed by atoms with Crippen molar-refractivity contribution in [1.29, 1.82) is 0 Å². The molecule has 0 saturated heterocycles. The molecule has 1 atom stereocenters. The molecule has 100 valence electrons. The molecule has 2 rings (SSSR count). The van der Waals surface area contributed by atoms with Crippen molar-refractivity contribution < 1.29 is 13.5 Å². The van der Waals surface area contributed by atoms with Crippen LogP contribution >= 0.6 is 0 Å². The maximum atomic E-state index is 13.2. The van der Waals surface area contributed by atoms with E-state index in [1.165, 1.54) is 30.3 Å². The molecule has 0 heterocycles. The minimum atomic E-state index is -0.366. The zero-order valence-electron chi connectivity index (χ0n) is 10.8. The van der Waals surface area contributed by atoms with Crippen LogP contribution in [0.4, 0.5) is 8.78 Å². The quantitative estimate of drug-likeness (QED) is 0.905. The van der Waals surface area contributed by atoms with Crippen molar-refractivity contribution >= 4 is 0 Å². The minimum absolute atomic E-state index is 0.293. The number of hydrogen-bond acceptors (Lipinski definition) is 2. The minimum Gasteiger partial charge on any atom is -0.457 e. The lowest BCUT2D eigenvalue weighted by atomic mass is 10.1. The van der Waals surface area contributed by atoms with Crippen LogP contribution in [0.15, 0.2) is 36.4 Å². The van der Waals surface area contributed by atoms with Crippen LogP contribution in [0.5, 0.6) is 11.5 Å². The second-order valence-corrected chi connectivity index (χ2v) is 4.48. The van der Waals surface area contributed by atoms with Gasteiger partial charge in [-0.05, 0) is 55.8 Å². The van der Waals surface area contributed by atoms with Crippen molar-refractivity contribution in [2.24, 2.45) is 5.73 Å². The molecule has 19 heavy (non-hydrogen) atoms. The summed E-state index contributed by atoms with van der Waals surface area (Å²) in [6, 6.07) is 8.26. The van der Waals surface area contributed by atoms with Crippen LogP contribution in [0.25, 0.3) is 0 Å². The number of hydrogen-bond donors (Lipinski definition) is 1. The predicted octanol–water partition coefficient (Wildman–Crippen LogP) is 4.09. The molecule has 0 aliphatic rings. The summed E-state index contributed by atoms with van der Waals surface area (Å²) in [7, 11) is 0. The molecule has 0 radical (unpaired) electrons. The Bertz CT molecular complexity index is 597. The van der Waals surface area contributed by atoms with Gasteiger partial charge in [-0.25, -0.2) is 8.78 Å². The molecule has 0 aromatic heterocycles. The van der Waals surface area contributed by atoms with E-state index in [2.05, 4.69) is 0 Å². The van der Waals surface area contributed by atoms with Gasteiger partial charge in [-0.2, -0.15) is 0 Å². The molecule has 0 fully saturated rings. The Morgan fingerprint density at radius 2 is 1.84 bits per heavy atom. The van der Waals surface area contributed by atoms with Gasteiger partial charge in [0.15, 0.2) is 0 Å². The van der Waals surface area contributed by atoms with E-state index in [1.807, 2.05) is 0 Å². The number of rotatable bonds is 3. The molecular formula is C15H15F2NO. The van der Waals surface area contributed by atoms with Gasteiger partial charge in [0.05, 0.1) is 0 Å². The molecule has 0 bridgehead atoms. The van der Waals surface area contributed by atoms with E-state index < -0.39 is 0 Å². The zero-order valence-corrected chi connectivity index (χ0v) is 10.8. The first-order chi connectivity index (χ1) is 8.97. The van der Waals surface area contributed by atoms with Crippen LogP contribution in [0.2, 0.25) is 0 Å². The highest BCUT2D eigenvalue weighted by molar-refractivity contribution is 5.40. The van der Waals surface area contributed by atoms with E-state index in [0.717, 1.165) is 0 Å². The molecule has 0 saturated carbocycles. The lowest BCUT2D eigenvalue weighted by molar-refractivity contribution is 0.466. The fourth-order valence-electron chi connectivity index (χ4n) is 1.78. The van der Waals surface area contributed by atoms with Crippen LogP contribution < -0.4 is 10.5 Å². The van der Waals surface area contributed by atoms with Crippen molar-refractivity contribution in [3.05, 3.63) is 59.2 Å². The largest absolute Gasteiger partial charge is 0.457 e. The Morgan fingerprint density at radius 1 is 1.11 bits per heavy atom. The summed E-state index contributed by atoms with van der Waals surface area (Å²) in [5, 5.41) is 0. The Kier molecular flexibility index (Phi) is 3.81. The van der Waals surface area contributed by atoms with Gasteiger partial charge < -0.3 is 10.5 Å². The molecule has 2 N–H and O–H groups in total. The fourth-order valence-corrected chi connectivity index (χ4v) is 1.78. The standard InChI is InChI=1S/C15H15F2NO/c1-9-7-12(4-5-14(9)17)19-15-6-3-11(16)8-13(15)10(2)18/h3-8,10H,18H2,1-2H3. The summed E-state index contributed by atoms with van der Waals surface area (Å²) in [5.74, 6) is 0.309. The lowest BCUT2D eigenvalue weighted by Crippen LogP contribution is -2.07. The third kappa shape index (κ3) is 3.09. The topological polar surface area (TPSA) is 35.2 Å². The predicted molar refractivity (Wildman–Crippen MR) is 70.2 cm³/mol. The summed E-state index contributed by atoms with van der Waals surface area (Å²) in [4.78, 5) is 0. The maximum absolute atomic E-state index is 13.2. The normalized spacial score (nSPS) is 12.3. The van der Waals surface area contributed by atoms with Crippen LogP contribution in [0, 0.1) is 18.6 Å². The van der Waals surface area contributed by atoms with Crippen LogP contribution in [-0.4, -0.2) is 0 Å². The van der Waals surface area contributed by atoms with Crippen LogP contribution in [-0.2, 0) is 0 Å². The highest BCUT2D eigenvalue weighted by Gasteiger charge is 2.11. The van der Waals surface area contributed by atoms with Gasteiger partial charge in [0, 0.05) is 11.6 Å². The molecular weight excluding hydrogens is 248 g/mol. The highest BCUT2D eigenvalue weighted by Crippen LogP contribution is 2.30. The monoisotopic (exact) mass is 263 g/mol. The average molecular weight is 263 g/mol. The first-order valence-electron chi connectivity index (χ1n) is 5.96. The third-order valence-electron chi connectivity index (χ3n) is 2.82. The highest BCUT2D eigenvalue weighted by atomic mass is 19.1. The van der Waals surface area contributed by atoms with Gasteiger partial charge in [0.25, 0.3) is 0 Å². The Hall–Kier alpha value is -1.94. The Morgan fingerprint density at radius 3 is 2.47 bits per heavy atom. The van der Waals surface area contributed by atoms with Gasteiger partial charge in [0.2, 0.25) is 0 Å². The van der Waals surface area contributed by atoms with Crippen LogP contribution in [0.1, 0.15) is 24.1 Å². The second-order valence-electron chi connectivity index (χ2n) is 4.48. The van der Waals surface area contributed by atoms with Crippen molar-refractivity contribution in [2.75, 3.05) is 0 Å². The molecule has 2 aromatic carbocycles. The van der Waals surface area contributed by atoms with E-state index >= 15 is 0 Å². The Balaban J connectivity index is 2.35. The first-order valence-corrected chi connectivity index (χ1v) is 5.96. The summed E-state index contributed by atoms with van der Waals surface area (Å²) >= 11 is 0. The average Bonchev–Trinajstić information content (AvgIpc) is 2.36. The van der Waals surface area contributed by atoms with Crippen molar-refractivity contribution in [3.63, 3.8) is 0 Å². The molecule has 2 nitrogen and oxygen atoms in total.